The molecule has 0 bridgehead atoms. The van der Waals surface area contributed by atoms with Crippen LogP contribution in [0.15, 0.2) is 53.7 Å². The Morgan fingerprint density at radius 2 is 1.96 bits per heavy atom. The van der Waals surface area contributed by atoms with Crippen molar-refractivity contribution in [3.05, 3.63) is 71.2 Å². The van der Waals surface area contributed by atoms with Crippen LogP contribution in [-0.2, 0) is 13.0 Å². The summed E-state index contributed by atoms with van der Waals surface area (Å²) in [5.41, 5.74) is 4.30. The fourth-order valence-electron chi connectivity index (χ4n) is 2.86. The number of aliphatic imine (C=N–C) groups is 1. The molecule has 1 aromatic heterocycles. The minimum absolute atomic E-state index is 0.209. The summed E-state index contributed by atoms with van der Waals surface area (Å²) in [5, 5.41) is 7.67. The zero-order valence-electron chi connectivity index (χ0n) is 14.6. The summed E-state index contributed by atoms with van der Waals surface area (Å²) in [6.07, 6.45) is 2.94. The molecule has 1 heterocycles. The Morgan fingerprint density at radius 3 is 2.76 bits per heavy atom. The van der Waals surface area contributed by atoms with Crippen LogP contribution in [-0.4, -0.2) is 24.5 Å². The molecule has 2 aromatic carbocycles. The first-order valence-electron chi connectivity index (χ1n) is 8.42. The Bertz CT molecular complexity index is 882. The van der Waals surface area contributed by atoms with Crippen LogP contribution in [0, 0.1) is 12.7 Å². The topological polar surface area (TPSA) is 52.2 Å². The number of aromatic amines is 1. The number of nitrogens with one attached hydrogen (secondary N) is 3. The van der Waals surface area contributed by atoms with Crippen LogP contribution in [0.25, 0.3) is 10.9 Å². The van der Waals surface area contributed by atoms with E-state index in [1.165, 1.54) is 22.6 Å². The highest BCUT2D eigenvalue weighted by molar-refractivity contribution is 5.84. The van der Waals surface area contributed by atoms with E-state index in [1.807, 2.05) is 6.07 Å². The number of aromatic nitrogens is 1. The molecular weight excluding hydrogens is 315 g/mol. The number of H-pyrrole nitrogens is 1. The zero-order chi connectivity index (χ0) is 17.6. The van der Waals surface area contributed by atoms with Gasteiger partial charge in [0, 0.05) is 42.8 Å². The predicted molar refractivity (Wildman–Crippen MR) is 101 cm³/mol. The molecule has 0 radical (unpaired) electrons. The Morgan fingerprint density at radius 1 is 1.12 bits per heavy atom. The molecular formula is C20H23FN4. The van der Waals surface area contributed by atoms with Gasteiger partial charge in [-0.25, -0.2) is 4.39 Å². The number of nitrogens with zero attached hydrogens (tertiary/aromatic N) is 1. The summed E-state index contributed by atoms with van der Waals surface area (Å²) in [5.74, 6) is 0.457. The second kappa shape index (κ2) is 7.83. The lowest BCUT2D eigenvalue weighted by atomic mass is 10.1. The quantitative estimate of drug-likeness (QED) is 0.492. The molecule has 5 heteroatoms. The Kier molecular flexibility index (Phi) is 5.33. The fraction of sp³-hybridized carbons (Fsp3) is 0.250. The third kappa shape index (κ3) is 4.18. The SMILES string of the molecule is CN=C(NCCc1c[nH]c2cc(C)ccc12)NCc1ccccc1F. The highest BCUT2D eigenvalue weighted by Crippen LogP contribution is 2.19. The lowest BCUT2D eigenvalue weighted by molar-refractivity contribution is 0.604. The van der Waals surface area contributed by atoms with Crippen LogP contribution in [0.2, 0.25) is 0 Å². The van der Waals surface area contributed by atoms with E-state index < -0.39 is 0 Å². The molecule has 3 rings (SSSR count). The van der Waals surface area contributed by atoms with Gasteiger partial charge < -0.3 is 15.6 Å². The highest BCUT2D eigenvalue weighted by Gasteiger charge is 2.05. The molecule has 0 fully saturated rings. The van der Waals surface area contributed by atoms with Gasteiger partial charge in [-0.15, -0.1) is 0 Å². The second-order valence-corrected chi connectivity index (χ2v) is 6.06. The molecule has 3 N–H and O–H groups in total. The van der Waals surface area contributed by atoms with Crippen LogP contribution in [0.1, 0.15) is 16.7 Å². The van der Waals surface area contributed by atoms with Gasteiger partial charge in [-0.1, -0.05) is 30.3 Å². The molecule has 0 amide bonds. The molecule has 0 saturated heterocycles. The van der Waals surface area contributed by atoms with Gasteiger partial charge in [-0.05, 0) is 36.6 Å². The van der Waals surface area contributed by atoms with E-state index in [1.54, 1.807) is 19.2 Å². The van der Waals surface area contributed by atoms with E-state index >= 15 is 0 Å². The van der Waals surface area contributed by atoms with Crippen LogP contribution in [0.5, 0.6) is 0 Å². The molecule has 0 unspecified atom stereocenters. The van der Waals surface area contributed by atoms with Crippen molar-refractivity contribution in [2.75, 3.05) is 13.6 Å². The number of benzene rings is 2. The fourth-order valence-corrected chi connectivity index (χ4v) is 2.86. The van der Waals surface area contributed by atoms with Gasteiger partial charge in [-0.2, -0.15) is 0 Å². The monoisotopic (exact) mass is 338 g/mol. The largest absolute Gasteiger partial charge is 0.361 e. The maximum Gasteiger partial charge on any atom is 0.191 e. The van der Waals surface area contributed by atoms with Gasteiger partial charge in [0.15, 0.2) is 5.96 Å². The van der Waals surface area contributed by atoms with Crippen molar-refractivity contribution in [3.63, 3.8) is 0 Å². The zero-order valence-corrected chi connectivity index (χ0v) is 14.6. The van der Waals surface area contributed by atoms with Crippen molar-refractivity contribution in [1.29, 1.82) is 0 Å². The van der Waals surface area contributed by atoms with Crippen molar-refractivity contribution in [3.8, 4) is 0 Å². The first kappa shape index (κ1) is 17.0. The number of fused-ring (bicyclic) bond motifs is 1. The average Bonchev–Trinajstić information content (AvgIpc) is 3.01. The van der Waals surface area contributed by atoms with Gasteiger partial charge >= 0.3 is 0 Å². The van der Waals surface area contributed by atoms with Gasteiger partial charge in [0.05, 0.1) is 0 Å². The number of halogens is 1. The standard InChI is InChI=1S/C20H23FN4/c1-14-7-8-17-15(12-24-19(17)11-14)9-10-23-20(22-2)25-13-16-5-3-4-6-18(16)21/h3-8,11-12,24H,9-10,13H2,1-2H3,(H2,22,23,25). The first-order valence-corrected chi connectivity index (χ1v) is 8.42. The van der Waals surface area contributed by atoms with E-state index in [0.29, 0.717) is 18.1 Å². The normalized spacial score (nSPS) is 11.7. The lowest BCUT2D eigenvalue weighted by Gasteiger charge is -2.12. The van der Waals surface area contributed by atoms with E-state index in [2.05, 4.69) is 51.9 Å². The lowest BCUT2D eigenvalue weighted by Crippen LogP contribution is -2.38. The Hall–Kier alpha value is -2.82. The highest BCUT2D eigenvalue weighted by atomic mass is 19.1. The second-order valence-electron chi connectivity index (χ2n) is 6.06. The Labute approximate surface area is 147 Å². The van der Waals surface area contributed by atoms with Gasteiger partial charge in [0.1, 0.15) is 5.82 Å². The summed E-state index contributed by atoms with van der Waals surface area (Å²) in [4.78, 5) is 7.51. The number of hydrogen-bond acceptors (Lipinski definition) is 1. The molecule has 0 atom stereocenters. The maximum atomic E-state index is 13.7. The van der Waals surface area contributed by atoms with Gasteiger partial charge in [-0.3, -0.25) is 4.99 Å². The molecule has 0 aliphatic rings. The summed E-state index contributed by atoms with van der Waals surface area (Å²) in [7, 11) is 1.71. The number of rotatable bonds is 5. The van der Waals surface area contributed by atoms with E-state index in [0.717, 1.165) is 18.5 Å². The predicted octanol–water partition coefficient (Wildman–Crippen LogP) is 3.52. The molecule has 0 saturated carbocycles. The average molecular weight is 338 g/mol. The molecule has 0 aliphatic heterocycles. The van der Waals surface area contributed by atoms with Crippen LogP contribution >= 0.6 is 0 Å². The van der Waals surface area contributed by atoms with Gasteiger partial charge in [0.2, 0.25) is 0 Å². The number of hydrogen-bond donors (Lipinski definition) is 3. The summed E-state index contributed by atoms with van der Waals surface area (Å²) < 4.78 is 13.7. The molecule has 3 aromatic rings. The summed E-state index contributed by atoms with van der Waals surface area (Å²) >= 11 is 0. The minimum Gasteiger partial charge on any atom is -0.361 e. The molecule has 25 heavy (non-hydrogen) atoms. The maximum absolute atomic E-state index is 13.7. The van der Waals surface area contributed by atoms with Crippen LogP contribution in [0.3, 0.4) is 0 Å². The van der Waals surface area contributed by atoms with Crippen LogP contribution in [0.4, 0.5) is 4.39 Å². The van der Waals surface area contributed by atoms with Crippen molar-refractivity contribution in [1.82, 2.24) is 15.6 Å². The molecule has 0 aliphatic carbocycles. The van der Waals surface area contributed by atoms with Gasteiger partial charge in [0.25, 0.3) is 0 Å². The van der Waals surface area contributed by atoms with E-state index in [4.69, 9.17) is 0 Å². The third-order valence-corrected chi connectivity index (χ3v) is 4.24. The molecule has 0 spiro atoms. The van der Waals surface area contributed by atoms with Crippen molar-refractivity contribution >= 4 is 16.9 Å². The first-order chi connectivity index (χ1) is 12.2. The summed E-state index contributed by atoms with van der Waals surface area (Å²) in [6, 6.07) is 13.2. The van der Waals surface area contributed by atoms with E-state index in [-0.39, 0.29) is 5.82 Å². The minimum atomic E-state index is -0.209. The number of aryl methyl sites for hydroxylation is 1. The Balaban J connectivity index is 1.54. The third-order valence-electron chi connectivity index (χ3n) is 4.24. The van der Waals surface area contributed by atoms with Crippen molar-refractivity contribution < 1.29 is 4.39 Å². The number of guanidine groups is 1. The van der Waals surface area contributed by atoms with Crippen LogP contribution < -0.4 is 10.6 Å². The molecule has 130 valence electrons. The smallest absolute Gasteiger partial charge is 0.191 e. The van der Waals surface area contributed by atoms with Crippen molar-refractivity contribution in [2.45, 2.75) is 19.9 Å². The summed E-state index contributed by atoms with van der Waals surface area (Å²) in [6.45, 7) is 3.24. The van der Waals surface area contributed by atoms with Crippen molar-refractivity contribution in [2.24, 2.45) is 4.99 Å². The van der Waals surface area contributed by atoms with E-state index in [9.17, 15) is 4.39 Å². The molecule has 4 nitrogen and oxygen atoms in total.